The predicted octanol–water partition coefficient (Wildman–Crippen LogP) is 3.34. The zero-order valence-corrected chi connectivity index (χ0v) is 18.6. The van der Waals surface area contributed by atoms with Crippen molar-refractivity contribution in [1.82, 2.24) is 14.7 Å². The van der Waals surface area contributed by atoms with E-state index >= 15 is 0 Å². The van der Waals surface area contributed by atoms with E-state index in [1.54, 1.807) is 4.40 Å². The first-order chi connectivity index (χ1) is 15.4. The first-order valence-corrected chi connectivity index (χ1v) is 11.1. The fourth-order valence-electron chi connectivity index (χ4n) is 3.44. The third kappa shape index (κ3) is 4.70. The van der Waals surface area contributed by atoms with Gasteiger partial charge in [-0.3, -0.25) is 14.0 Å². The SMILES string of the molecule is CC(C)[C@@H](NC(=O)Cc1ccccc1)C(=O)OCc1cc(=O)n2c(n1)sc1ccccc12. The topological polar surface area (TPSA) is 89.8 Å². The Labute approximate surface area is 188 Å². The molecule has 0 unspecified atom stereocenters. The van der Waals surface area contributed by atoms with Gasteiger partial charge in [-0.2, -0.15) is 0 Å². The monoisotopic (exact) mass is 449 g/mol. The molecule has 4 aromatic rings. The molecule has 164 valence electrons. The van der Waals surface area contributed by atoms with Gasteiger partial charge in [-0.1, -0.05) is 67.6 Å². The Morgan fingerprint density at radius 3 is 2.56 bits per heavy atom. The molecule has 1 amide bonds. The van der Waals surface area contributed by atoms with E-state index in [0.29, 0.717) is 10.7 Å². The van der Waals surface area contributed by atoms with Gasteiger partial charge in [0.15, 0.2) is 4.96 Å². The van der Waals surface area contributed by atoms with Crippen LogP contribution in [0.4, 0.5) is 0 Å². The van der Waals surface area contributed by atoms with Crippen LogP contribution < -0.4 is 10.9 Å². The quantitative estimate of drug-likeness (QED) is 0.437. The van der Waals surface area contributed by atoms with Gasteiger partial charge in [0.2, 0.25) is 5.91 Å². The maximum absolute atomic E-state index is 12.7. The van der Waals surface area contributed by atoms with E-state index in [0.717, 1.165) is 15.8 Å². The number of nitrogens with zero attached hydrogens (tertiary/aromatic N) is 2. The molecule has 2 aromatic carbocycles. The molecule has 4 rings (SSSR count). The van der Waals surface area contributed by atoms with Crippen LogP contribution in [0.1, 0.15) is 25.1 Å². The fourth-order valence-corrected chi connectivity index (χ4v) is 4.49. The number of esters is 1. The van der Waals surface area contributed by atoms with Gasteiger partial charge in [-0.15, -0.1) is 0 Å². The third-order valence-corrected chi connectivity index (χ3v) is 6.08. The van der Waals surface area contributed by atoms with E-state index in [9.17, 15) is 14.4 Å². The van der Waals surface area contributed by atoms with E-state index in [2.05, 4.69) is 10.3 Å². The molecule has 0 spiro atoms. The summed E-state index contributed by atoms with van der Waals surface area (Å²) in [5.74, 6) is -0.972. The van der Waals surface area contributed by atoms with Crippen LogP contribution in [0.5, 0.6) is 0 Å². The molecule has 0 saturated heterocycles. The molecule has 0 radical (unpaired) electrons. The average molecular weight is 450 g/mol. The largest absolute Gasteiger partial charge is 0.458 e. The van der Waals surface area contributed by atoms with E-state index in [1.165, 1.54) is 17.4 Å². The number of carbonyl (C=O) groups excluding carboxylic acids is 2. The number of rotatable bonds is 7. The third-order valence-electron chi connectivity index (χ3n) is 5.06. The lowest BCUT2D eigenvalue weighted by molar-refractivity contribution is -0.150. The van der Waals surface area contributed by atoms with Crippen LogP contribution >= 0.6 is 11.3 Å². The van der Waals surface area contributed by atoms with Crippen molar-refractivity contribution in [2.45, 2.75) is 32.9 Å². The Morgan fingerprint density at radius 1 is 1.09 bits per heavy atom. The summed E-state index contributed by atoms with van der Waals surface area (Å²) in [4.78, 5) is 42.7. The molecule has 2 aromatic heterocycles. The number of nitrogens with one attached hydrogen (secondary N) is 1. The maximum atomic E-state index is 12.7. The van der Waals surface area contributed by atoms with Gasteiger partial charge in [0.05, 0.1) is 22.3 Å². The van der Waals surface area contributed by atoms with Crippen LogP contribution in [0.25, 0.3) is 15.2 Å². The van der Waals surface area contributed by atoms with Gasteiger partial charge >= 0.3 is 5.97 Å². The highest BCUT2D eigenvalue weighted by molar-refractivity contribution is 7.23. The summed E-state index contributed by atoms with van der Waals surface area (Å²) in [6.45, 7) is 3.53. The first-order valence-electron chi connectivity index (χ1n) is 10.3. The van der Waals surface area contributed by atoms with Crippen molar-refractivity contribution in [3.8, 4) is 0 Å². The summed E-state index contributed by atoms with van der Waals surface area (Å²) in [5, 5.41) is 2.76. The number of carbonyl (C=O) groups is 2. The second-order valence-corrected chi connectivity index (χ2v) is 8.84. The number of hydrogen-bond donors (Lipinski definition) is 1. The van der Waals surface area contributed by atoms with Crippen LogP contribution in [0.2, 0.25) is 0 Å². The molecular formula is C24H23N3O4S. The van der Waals surface area contributed by atoms with E-state index in [4.69, 9.17) is 4.74 Å². The first kappa shape index (κ1) is 21.7. The van der Waals surface area contributed by atoms with Crippen LogP contribution in [0.15, 0.2) is 65.5 Å². The Balaban J connectivity index is 1.45. The zero-order chi connectivity index (χ0) is 22.7. The molecule has 0 aliphatic carbocycles. The normalized spacial score (nSPS) is 12.2. The number of benzene rings is 2. The number of thiazole rings is 1. The molecule has 0 saturated carbocycles. The van der Waals surface area contributed by atoms with Gasteiger partial charge in [-0.25, -0.2) is 9.78 Å². The number of amides is 1. The van der Waals surface area contributed by atoms with Gasteiger partial charge in [0, 0.05) is 6.07 Å². The van der Waals surface area contributed by atoms with Crippen molar-refractivity contribution < 1.29 is 14.3 Å². The van der Waals surface area contributed by atoms with E-state index in [-0.39, 0.29) is 30.4 Å². The van der Waals surface area contributed by atoms with Crippen molar-refractivity contribution in [2.24, 2.45) is 5.92 Å². The summed E-state index contributed by atoms with van der Waals surface area (Å²) >= 11 is 1.40. The van der Waals surface area contributed by atoms with Crippen molar-refractivity contribution in [1.29, 1.82) is 0 Å². The number of fused-ring (bicyclic) bond motifs is 3. The van der Waals surface area contributed by atoms with Gasteiger partial charge in [0.1, 0.15) is 12.6 Å². The summed E-state index contributed by atoms with van der Waals surface area (Å²) in [6, 6.07) is 17.5. The smallest absolute Gasteiger partial charge is 0.329 e. The molecule has 1 atom stereocenters. The molecule has 7 nitrogen and oxygen atoms in total. The second-order valence-electron chi connectivity index (χ2n) is 7.83. The molecular weight excluding hydrogens is 426 g/mol. The summed E-state index contributed by atoms with van der Waals surface area (Å²) < 4.78 is 7.92. The zero-order valence-electron chi connectivity index (χ0n) is 17.8. The highest BCUT2D eigenvalue weighted by atomic mass is 32.1. The lowest BCUT2D eigenvalue weighted by Gasteiger charge is -2.20. The number of ether oxygens (including phenoxy) is 1. The minimum Gasteiger partial charge on any atom is -0.458 e. The van der Waals surface area contributed by atoms with Crippen LogP contribution in [-0.2, 0) is 27.4 Å². The van der Waals surface area contributed by atoms with E-state index in [1.807, 2.05) is 68.4 Å². The minimum atomic E-state index is -0.791. The molecule has 0 aliphatic rings. The second kappa shape index (κ2) is 9.32. The van der Waals surface area contributed by atoms with Gasteiger partial charge in [0.25, 0.3) is 5.56 Å². The molecule has 0 bridgehead atoms. The standard InChI is InChI=1S/C24H23N3O4S/c1-15(2)22(26-20(28)12-16-8-4-3-5-9-16)23(30)31-14-17-13-21(29)27-18-10-6-7-11-19(18)32-24(27)25-17/h3-11,13,15,22H,12,14H2,1-2H3,(H,26,28)/t22-/m1/s1. The van der Waals surface area contributed by atoms with Crippen LogP contribution in [0, 0.1) is 5.92 Å². The summed E-state index contributed by atoms with van der Waals surface area (Å²) in [6.07, 6.45) is 0.179. The molecule has 8 heteroatoms. The van der Waals surface area contributed by atoms with Crippen molar-refractivity contribution in [2.75, 3.05) is 0 Å². The number of hydrogen-bond acceptors (Lipinski definition) is 6. The van der Waals surface area contributed by atoms with Crippen molar-refractivity contribution >= 4 is 38.4 Å². The summed E-state index contributed by atoms with van der Waals surface area (Å²) in [7, 11) is 0. The van der Waals surface area contributed by atoms with Crippen LogP contribution in [-0.4, -0.2) is 27.3 Å². The Morgan fingerprint density at radius 2 is 1.81 bits per heavy atom. The number of para-hydroxylation sites is 1. The Hall–Kier alpha value is -3.52. The summed E-state index contributed by atoms with van der Waals surface area (Å²) in [5.41, 5.74) is 1.81. The maximum Gasteiger partial charge on any atom is 0.329 e. The van der Waals surface area contributed by atoms with E-state index < -0.39 is 12.0 Å². The van der Waals surface area contributed by atoms with Gasteiger partial charge < -0.3 is 10.1 Å². The van der Waals surface area contributed by atoms with Gasteiger partial charge in [-0.05, 0) is 23.6 Å². The highest BCUT2D eigenvalue weighted by Gasteiger charge is 2.26. The lowest BCUT2D eigenvalue weighted by Crippen LogP contribution is -2.45. The van der Waals surface area contributed by atoms with Crippen LogP contribution in [0.3, 0.4) is 0 Å². The molecule has 1 N–H and O–H groups in total. The molecule has 32 heavy (non-hydrogen) atoms. The number of aromatic nitrogens is 2. The highest BCUT2D eigenvalue weighted by Crippen LogP contribution is 2.23. The Bertz CT molecular complexity index is 1330. The molecule has 2 heterocycles. The fraction of sp³-hybridized carbons (Fsp3) is 0.250. The van der Waals surface area contributed by atoms with Crippen molar-refractivity contribution in [3.63, 3.8) is 0 Å². The predicted molar refractivity (Wildman–Crippen MR) is 124 cm³/mol. The average Bonchev–Trinajstić information content (AvgIpc) is 3.15. The van der Waals surface area contributed by atoms with Crippen molar-refractivity contribution in [3.05, 3.63) is 82.3 Å². The molecule has 0 aliphatic heterocycles. The molecule has 0 fully saturated rings. The lowest BCUT2D eigenvalue weighted by atomic mass is 10.0. The Kier molecular flexibility index (Phi) is 6.32. The minimum absolute atomic E-state index is 0.142.